The minimum atomic E-state index is -0.308. The molecule has 0 amide bonds. The topological polar surface area (TPSA) is 23.8 Å². The van der Waals surface area contributed by atoms with Crippen LogP contribution < -0.4 is 0 Å². The molecule has 1 atom stereocenters. The summed E-state index contributed by atoms with van der Waals surface area (Å²) in [4.78, 5) is 0. The highest BCUT2D eigenvalue weighted by atomic mass is 14.4. The lowest BCUT2D eigenvalue weighted by Gasteiger charge is -2.31. The molecule has 0 aromatic heterocycles. The van der Waals surface area contributed by atoms with E-state index in [9.17, 15) is 5.26 Å². The molecule has 86 valence electrons. The number of rotatable bonds is 5. The van der Waals surface area contributed by atoms with E-state index in [4.69, 9.17) is 0 Å². The predicted molar refractivity (Wildman–Crippen MR) is 68.1 cm³/mol. The summed E-state index contributed by atoms with van der Waals surface area (Å²) >= 11 is 0. The molecule has 1 unspecified atom stereocenters. The molecular formula is C15H21N. The second kappa shape index (κ2) is 5.70. The van der Waals surface area contributed by atoms with Crippen LogP contribution in [0, 0.1) is 17.2 Å². The molecule has 1 rings (SSSR count). The maximum atomic E-state index is 9.58. The molecule has 0 N–H and O–H groups in total. The summed E-state index contributed by atoms with van der Waals surface area (Å²) in [5.41, 5.74) is 0.859. The molecule has 0 heterocycles. The van der Waals surface area contributed by atoms with Gasteiger partial charge in [0.1, 0.15) is 0 Å². The van der Waals surface area contributed by atoms with Crippen molar-refractivity contribution in [3.8, 4) is 6.07 Å². The average Bonchev–Trinajstić information content (AvgIpc) is 2.31. The van der Waals surface area contributed by atoms with Gasteiger partial charge >= 0.3 is 0 Å². The number of nitriles is 1. The van der Waals surface area contributed by atoms with Crippen molar-refractivity contribution >= 4 is 0 Å². The molecule has 0 saturated heterocycles. The van der Waals surface area contributed by atoms with E-state index in [0.29, 0.717) is 5.92 Å². The van der Waals surface area contributed by atoms with Crippen molar-refractivity contribution in [1.82, 2.24) is 0 Å². The van der Waals surface area contributed by atoms with Crippen molar-refractivity contribution in [2.45, 2.75) is 45.4 Å². The summed E-state index contributed by atoms with van der Waals surface area (Å²) in [5, 5.41) is 9.58. The van der Waals surface area contributed by atoms with E-state index in [1.54, 1.807) is 0 Å². The Morgan fingerprint density at radius 1 is 1.25 bits per heavy atom. The van der Waals surface area contributed by atoms with Crippen molar-refractivity contribution in [1.29, 1.82) is 5.26 Å². The summed E-state index contributed by atoms with van der Waals surface area (Å²) in [6, 6.07) is 12.8. The third kappa shape index (κ3) is 2.44. The SMILES string of the molecule is CCCCC(C#N)(c1ccccc1)C(C)C. The number of hydrogen-bond acceptors (Lipinski definition) is 1. The van der Waals surface area contributed by atoms with Crippen LogP contribution >= 0.6 is 0 Å². The molecule has 16 heavy (non-hydrogen) atoms. The molecule has 0 spiro atoms. The highest BCUT2D eigenvalue weighted by molar-refractivity contribution is 5.33. The second-order valence-corrected chi connectivity index (χ2v) is 4.71. The van der Waals surface area contributed by atoms with Gasteiger partial charge in [-0.05, 0) is 17.9 Å². The van der Waals surface area contributed by atoms with Crippen LogP contribution in [0.2, 0.25) is 0 Å². The largest absolute Gasteiger partial charge is 0.197 e. The maximum Gasteiger partial charge on any atom is 0.0845 e. The van der Waals surface area contributed by atoms with Crippen molar-refractivity contribution in [3.05, 3.63) is 35.9 Å². The lowest BCUT2D eigenvalue weighted by molar-refractivity contribution is 0.358. The molecule has 0 fully saturated rings. The summed E-state index contributed by atoms with van der Waals surface area (Å²) in [6.07, 6.45) is 3.21. The van der Waals surface area contributed by atoms with Gasteiger partial charge in [-0.3, -0.25) is 0 Å². The van der Waals surface area contributed by atoms with E-state index in [0.717, 1.165) is 19.3 Å². The van der Waals surface area contributed by atoms with Gasteiger partial charge in [0.25, 0.3) is 0 Å². The number of unbranched alkanes of at least 4 members (excludes halogenated alkanes) is 1. The van der Waals surface area contributed by atoms with Gasteiger partial charge in [0.15, 0.2) is 0 Å². The lowest BCUT2D eigenvalue weighted by Crippen LogP contribution is -2.30. The molecule has 0 aliphatic rings. The highest BCUT2D eigenvalue weighted by Crippen LogP contribution is 2.36. The van der Waals surface area contributed by atoms with Gasteiger partial charge in [-0.25, -0.2) is 0 Å². The van der Waals surface area contributed by atoms with E-state index in [-0.39, 0.29) is 5.41 Å². The third-order valence-electron chi connectivity index (χ3n) is 3.40. The average molecular weight is 215 g/mol. The summed E-state index contributed by atoms with van der Waals surface area (Å²) in [7, 11) is 0. The Morgan fingerprint density at radius 3 is 2.31 bits per heavy atom. The van der Waals surface area contributed by atoms with E-state index in [1.807, 2.05) is 18.2 Å². The third-order valence-corrected chi connectivity index (χ3v) is 3.40. The Kier molecular flexibility index (Phi) is 4.55. The van der Waals surface area contributed by atoms with E-state index >= 15 is 0 Å². The van der Waals surface area contributed by atoms with E-state index in [1.165, 1.54) is 5.56 Å². The summed E-state index contributed by atoms with van der Waals surface area (Å²) < 4.78 is 0. The van der Waals surface area contributed by atoms with Gasteiger partial charge in [0.2, 0.25) is 0 Å². The predicted octanol–water partition coefficient (Wildman–Crippen LogP) is 4.29. The number of hydrogen-bond donors (Lipinski definition) is 0. The van der Waals surface area contributed by atoms with Crippen LogP contribution in [0.15, 0.2) is 30.3 Å². The molecule has 1 aromatic carbocycles. The first-order valence-corrected chi connectivity index (χ1v) is 6.14. The fourth-order valence-electron chi connectivity index (χ4n) is 2.21. The minimum Gasteiger partial charge on any atom is -0.197 e. The highest BCUT2D eigenvalue weighted by Gasteiger charge is 2.34. The van der Waals surface area contributed by atoms with Crippen molar-refractivity contribution in [3.63, 3.8) is 0 Å². The maximum absolute atomic E-state index is 9.58. The zero-order chi connectivity index (χ0) is 12.0. The molecule has 0 aliphatic carbocycles. The molecule has 1 heteroatoms. The monoisotopic (exact) mass is 215 g/mol. The fraction of sp³-hybridized carbons (Fsp3) is 0.533. The number of nitrogens with zero attached hydrogens (tertiary/aromatic N) is 1. The first-order chi connectivity index (χ1) is 7.67. The van der Waals surface area contributed by atoms with Gasteiger partial charge in [0, 0.05) is 0 Å². The second-order valence-electron chi connectivity index (χ2n) is 4.71. The molecule has 0 saturated carbocycles. The lowest BCUT2D eigenvalue weighted by atomic mass is 9.70. The molecule has 0 aliphatic heterocycles. The molecule has 0 radical (unpaired) electrons. The van der Waals surface area contributed by atoms with E-state index < -0.39 is 0 Å². The van der Waals surface area contributed by atoms with E-state index in [2.05, 4.69) is 39.0 Å². The van der Waals surface area contributed by atoms with Crippen LogP contribution in [0.25, 0.3) is 0 Å². The normalized spacial score (nSPS) is 14.4. The van der Waals surface area contributed by atoms with Gasteiger partial charge < -0.3 is 0 Å². The van der Waals surface area contributed by atoms with Crippen LogP contribution in [-0.2, 0) is 5.41 Å². The number of benzene rings is 1. The minimum absolute atomic E-state index is 0.308. The van der Waals surface area contributed by atoms with Crippen LogP contribution in [0.4, 0.5) is 0 Å². The first kappa shape index (κ1) is 12.8. The van der Waals surface area contributed by atoms with Gasteiger partial charge in [-0.1, -0.05) is 63.9 Å². The van der Waals surface area contributed by atoms with Crippen LogP contribution in [0.3, 0.4) is 0 Å². The van der Waals surface area contributed by atoms with Crippen LogP contribution in [0.1, 0.15) is 45.6 Å². The zero-order valence-electron chi connectivity index (χ0n) is 10.5. The molecule has 1 aromatic rings. The van der Waals surface area contributed by atoms with Gasteiger partial charge in [-0.15, -0.1) is 0 Å². The summed E-state index contributed by atoms with van der Waals surface area (Å²) in [5.74, 6) is 0.353. The first-order valence-electron chi connectivity index (χ1n) is 6.14. The standard InChI is InChI=1S/C15H21N/c1-4-5-11-15(12-16,13(2)3)14-9-7-6-8-10-14/h6-10,13H,4-5,11H2,1-3H3. The Balaban J connectivity index is 3.09. The fourth-order valence-corrected chi connectivity index (χ4v) is 2.21. The Labute approximate surface area is 99.1 Å². The van der Waals surface area contributed by atoms with Crippen molar-refractivity contribution in [2.24, 2.45) is 5.92 Å². The van der Waals surface area contributed by atoms with Gasteiger partial charge in [0.05, 0.1) is 11.5 Å². The molecule has 0 bridgehead atoms. The van der Waals surface area contributed by atoms with Gasteiger partial charge in [-0.2, -0.15) is 5.26 Å². The molecule has 1 nitrogen and oxygen atoms in total. The quantitative estimate of drug-likeness (QED) is 0.718. The van der Waals surface area contributed by atoms with Crippen LogP contribution in [-0.4, -0.2) is 0 Å². The Morgan fingerprint density at radius 2 is 1.88 bits per heavy atom. The zero-order valence-corrected chi connectivity index (χ0v) is 10.5. The Hall–Kier alpha value is -1.29. The Bertz CT molecular complexity index is 347. The smallest absolute Gasteiger partial charge is 0.0845 e. The summed E-state index contributed by atoms with van der Waals surface area (Å²) in [6.45, 7) is 6.46. The van der Waals surface area contributed by atoms with Crippen molar-refractivity contribution < 1.29 is 0 Å². The molecular weight excluding hydrogens is 194 g/mol. The van der Waals surface area contributed by atoms with Crippen molar-refractivity contribution in [2.75, 3.05) is 0 Å². The van der Waals surface area contributed by atoms with Crippen LogP contribution in [0.5, 0.6) is 0 Å².